The molecule has 27 heavy (non-hydrogen) atoms. The zero-order valence-electron chi connectivity index (χ0n) is 15.2. The lowest BCUT2D eigenvalue weighted by Crippen LogP contribution is -2.50. The number of ether oxygens (including phenoxy) is 4. The number of benzene rings is 1. The van der Waals surface area contributed by atoms with Crippen molar-refractivity contribution in [3.8, 4) is 23.3 Å². The number of aromatic nitrogens is 2. The van der Waals surface area contributed by atoms with Gasteiger partial charge in [0.1, 0.15) is 12.2 Å². The van der Waals surface area contributed by atoms with Crippen LogP contribution < -0.4 is 18.9 Å². The van der Waals surface area contributed by atoms with Crippen LogP contribution in [-0.2, 0) is 4.79 Å². The van der Waals surface area contributed by atoms with Crippen LogP contribution in [0.15, 0.2) is 36.7 Å². The van der Waals surface area contributed by atoms with Gasteiger partial charge in [0.15, 0.2) is 11.5 Å². The topological polar surface area (TPSA) is 83.0 Å². The van der Waals surface area contributed by atoms with Crippen LogP contribution in [0.4, 0.5) is 0 Å². The molecule has 8 heteroatoms. The molecular formula is C19H21N3O5. The van der Waals surface area contributed by atoms with Gasteiger partial charge in [-0.15, -0.1) is 0 Å². The molecule has 8 nitrogen and oxygen atoms in total. The zero-order valence-corrected chi connectivity index (χ0v) is 15.2. The minimum Gasteiger partial charge on any atom is -0.482 e. The number of hydrogen-bond donors (Lipinski definition) is 0. The maximum absolute atomic E-state index is 12.9. The van der Waals surface area contributed by atoms with E-state index < -0.39 is 6.10 Å². The number of amides is 1. The maximum atomic E-state index is 12.9. The molecule has 0 radical (unpaired) electrons. The summed E-state index contributed by atoms with van der Waals surface area (Å²) in [4.78, 5) is 22.9. The lowest BCUT2D eigenvalue weighted by Gasteiger charge is -2.33. The molecule has 2 aromatic rings. The third-order valence-corrected chi connectivity index (χ3v) is 4.63. The second kappa shape index (κ2) is 7.30. The number of methoxy groups -OCH3 is 1. The summed E-state index contributed by atoms with van der Waals surface area (Å²) in [5, 5.41) is 0. The van der Waals surface area contributed by atoms with E-state index in [4.69, 9.17) is 18.9 Å². The van der Waals surface area contributed by atoms with E-state index in [1.54, 1.807) is 11.0 Å². The van der Waals surface area contributed by atoms with Gasteiger partial charge in [0.2, 0.25) is 17.9 Å². The Labute approximate surface area is 157 Å². The molecule has 1 fully saturated rings. The minimum absolute atomic E-state index is 0.0974. The van der Waals surface area contributed by atoms with Gasteiger partial charge in [-0.1, -0.05) is 12.1 Å². The quantitative estimate of drug-likeness (QED) is 0.809. The van der Waals surface area contributed by atoms with Crippen molar-refractivity contribution in [1.82, 2.24) is 14.9 Å². The summed E-state index contributed by atoms with van der Waals surface area (Å²) >= 11 is 0. The van der Waals surface area contributed by atoms with Gasteiger partial charge in [-0.25, -0.2) is 0 Å². The molecule has 142 valence electrons. The number of para-hydroxylation sites is 2. The van der Waals surface area contributed by atoms with Crippen LogP contribution in [0.1, 0.15) is 13.3 Å². The van der Waals surface area contributed by atoms with E-state index in [2.05, 4.69) is 9.97 Å². The molecule has 3 atom stereocenters. The van der Waals surface area contributed by atoms with E-state index in [9.17, 15) is 4.79 Å². The molecule has 1 saturated heterocycles. The van der Waals surface area contributed by atoms with E-state index in [0.29, 0.717) is 42.8 Å². The standard InChI is InChI=1S/C19H21N3O5/c1-12-18(27-15-6-4-3-5-14(15)25-12)19(23)22-8-7-13(11-22)26-17-10-20-9-16(21-17)24-2/h3-6,9-10,12-13,18H,7-8,11H2,1-2H3. The van der Waals surface area contributed by atoms with Gasteiger partial charge in [0.05, 0.1) is 26.0 Å². The second-order valence-electron chi connectivity index (χ2n) is 6.52. The molecule has 1 aromatic carbocycles. The van der Waals surface area contributed by atoms with Crippen molar-refractivity contribution in [2.45, 2.75) is 31.7 Å². The van der Waals surface area contributed by atoms with Crippen LogP contribution in [0, 0.1) is 0 Å². The van der Waals surface area contributed by atoms with Crippen LogP contribution in [0.2, 0.25) is 0 Å². The van der Waals surface area contributed by atoms with Gasteiger partial charge < -0.3 is 23.8 Å². The molecule has 3 heterocycles. The van der Waals surface area contributed by atoms with Gasteiger partial charge in [-0.3, -0.25) is 9.78 Å². The summed E-state index contributed by atoms with van der Waals surface area (Å²) in [6, 6.07) is 7.37. The van der Waals surface area contributed by atoms with Crippen molar-refractivity contribution in [3.63, 3.8) is 0 Å². The molecule has 2 aliphatic heterocycles. The lowest BCUT2D eigenvalue weighted by atomic mass is 10.1. The number of fused-ring (bicyclic) bond motifs is 1. The van der Waals surface area contributed by atoms with Crippen molar-refractivity contribution >= 4 is 5.91 Å². The van der Waals surface area contributed by atoms with E-state index in [1.165, 1.54) is 19.5 Å². The minimum atomic E-state index is -0.671. The molecule has 0 spiro atoms. The smallest absolute Gasteiger partial charge is 0.267 e. The Morgan fingerprint density at radius 3 is 2.70 bits per heavy atom. The largest absolute Gasteiger partial charge is 0.482 e. The van der Waals surface area contributed by atoms with Crippen LogP contribution in [-0.4, -0.2) is 59.3 Å². The number of rotatable bonds is 4. The van der Waals surface area contributed by atoms with Crippen molar-refractivity contribution in [2.24, 2.45) is 0 Å². The van der Waals surface area contributed by atoms with Crippen LogP contribution in [0.3, 0.4) is 0 Å². The van der Waals surface area contributed by atoms with E-state index in [1.807, 2.05) is 25.1 Å². The summed E-state index contributed by atoms with van der Waals surface area (Å²) in [6.07, 6.45) is 2.57. The Kier molecular flexibility index (Phi) is 4.70. The van der Waals surface area contributed by atoms with Crippen LogP contribution in [0.5, 0.6) is 23.3 Å². The summed E-state index contributed by atoms with van der Waals surface area (Å²) in [5.74, 6) is 1.92. The first-order chi connectivity index (χ1) is 13.1. The Balaban J connectivity index is 1.39. The first-order valence-corrected chi connectivity index (χ1v) is 8.88. The third kappa shape index (κ3) is 3.60. The van der Waals surface area contributed by atoms with Crippen LogP contribution >= 0.6 is 0 Å². The third-order valence-electron chi connectivity index (χ3n) is 4.63. The lowest BCUT2D eigenvalue weighted by molar-refractivity contribution is -0.143. The number of nitrogens with zero attached hydrogens (tertiary/aromatic N) is 3. The molecule has 4 rings (SSSR count). The average molecular weight is 371 g/mol. The molecule has 1 amide bonds. The fourth-order valence-electron chi connectivity index (χ4n) is 3.25. The van der Waals surface area contributed by atoms with Crippen molar-refractivity contribution in [1.29, 1.82) is 0 Å². The molecule has 2 aliphatic rings. The number of likely N-dealkylation sites (tertiary alicyclic amines) is 1. The molecule has 0 N–H and O–H groups in total. The normalized spacial score (nSPS) is 23.8. The molecule has 0 aliphatic carbocycles. The highest BCUT2D eigenvalue weighted by Gasteiger charge is 2.39. The van der Waals surface area contributed by atoms with Gasteiger partial charge in [-0.05, 0) is 19.1 Å². The fraction of sp³-hybridized carbons (Fsp3) is 0.421. The Bertz CT molecular complexity index is 830. The van der Waals surface area contributed by atoms with Crippen molar-refractivity contribution in [2.75, 3.05) is 20.2 Å². The van der Waals surface area contributed by atoms with Gasteiger partial charge in [0.25, 0.3) is 5.91 Å². The van der Waals surface area contributed by atoms with E-state index in [0.717, 1.165) is 0 Å². The first-order valence-electron chi connectivity index (χ1n) is 8.88. The molecule has 0 saturated carbocycles. The predicted octanol–water partition coefficient (Wildman–Crippen LogP) is 1.69. The monoisotopic (exact) mass is 371 g/mol. The number of carbonyl (C=O) groups is 1. The second-order valence-corrected chi connectivity index (χ2v) is 6.52. The Morgan fingerprint density at radius 1 is 1.19 bits per heavy atom. The summed E-state index contributed by atoms with van der Waals surface area (Å²) in [6.45, 7) is 2.90. The highest BCUT2D eigenvalue weighted by molar-refractivity contribution is 5.82. The number of carbonyl (C=O) groups excluding carboxylic acids is 1. The van der Waals surface area contributed by atoms with Gasteiger partial charge in [-0.2, -0.15) is 4.98 Å². The Hall–Kier alpha value is -3.03. The molecule has 3 unspecified atom stereocenters. The predicted molar refractivity (Wildman–Crippen MR) is 95.1 cm³/mol. The maximum Gasteiger partial charge on any atom is 0.267 e. The molecule has 0 bridgehead atoms. The Morgan fingerprint density at radius 2 is 1.93 bits per heavy atom. The van der Waals surface area contributed by atoms with Crippen molar-refractivity contribution in [3.05, 3.63) is 36.7 Å². The summed E-state index contributed by atoms with van der Waals surface area (Å²) in [5.41, 5.74) is 0. The first kappa shape index (κ1) is 17.4. The molecular weight excluding hydrogens is 350 g/mol. The summed E-state index contributed by atoms with van der Waals surface area (Å²) < 4.78 is 22.6. The fourth-order valence-corrected chi connectivity index (χ4v) is 3.25. The average Bonchev–Trinajstić information content (AvgIpc) is 3.15. The SMILES string of the molecule is COc1cncc(OC2CCN(C(=O)C3Oc4ccccc4OC3C)C2)n1. The summed E-state index contributed by atoms with van der Waals surface area (Å²) in [7, 11) is 1.52. The highest BCUT2D eigenvalue weighted by Crippen LogP contribution is 2.34. The molecule has 1 aromatic heterocycles. The number of hydrogen-bond acceptors (Lipinski definition) is 7. The van der Waals surface area contributed by atoms with Crippen LogP contribution in [0.25, 0.3) is 0 Å². The highest BCUT2D eigenvalue weighted by atomic mass is 16.6. The van der Waals surface area contributed by atoms with E-state index in [-0.39, 0.29) is 18.1 Å². The van der Waals surface area contributed by atoms with Crippen molar-refractivity contribution < 1.29 is 23.7 Å². The van der Waals surface area contributed by atoms with Gasteiger partial charge in [0, 0.05) is 13.0 Å². The van der Waals surface area contributed by atoms with Gasteiger partial charge >= 0.3 is 0 Å². The zero-order chi connectivity index (χ0) is 18.8. The van der Waals surface area contributed by atoms with E-state index >= 15 is 0 Å².